The molecule has 0 aliphatic rings. The van der Waals surface area contributed by atoms with Crippen LogP contribution in [-0.2, 0) is 4.74 Å². The summed E-state index contributed by atoms with van der Waals surface area (Å²) in [5.74, 6) is 1.53. The Balaban J connectivity index is 2.08. The highest BCUT2D eigenvalue weighted by Crippen LogP contribution is 2.28. The molecule has 0 spiro atoms. The van der Waals surface area contributed by atoms with Crippen LogP contribution in [0.2, 0.25) is 5.02 Å². The van der Waals surface area contributed by atoms with Crippen molar-refractivity contribution in [3.8, 4) is 5.75 Å². The quantitative estimate of drug-likeness (QED) is 0.585. The van der Waals surface area contributed by atoms with Crippen LogP contribution in [0.4, 0.5) is 0 Å². The van der Waals surface area contributed by atoms with Crippen LogP contribution >= 0.6 is 11.6 Å². The number of hydrogen-bond donors (Lipinski definition) is 0. The molecule has 118 valence electrons. The van der Waals surface area contributed by atoms with Crippen LogP contribution < -0.4 is 4.74 Å². The lowest BCUT2D eigenvalue weighted by Crippen LogP contribution is -2.22. The Kier molecular flexibility index (Phi) is 5.14. The molecular weight excluding hydrogens is 300 g/mol. The van der Waals surface area contributed by atoms with Gasteiger partial charge in [-0.25, -0.2) is 4.98 Å². The van der Waals surface area contributed by atoms with Crippen LogP contribution in [0.15, 0.2) is 48.7 Å². The topological polar surface area (TPSA) is 36.3 Å². The summed E-state index contributed by atoms with van der Waals surface area (Å²) in [6.45, 7) is 8.13. The molecule has 0 aliphatic heterocycles. The monoisotopic (exact) mass is 320 g/mol. The molecule has 0 bridgehead atoms. The number of allylic oxidation sites excluding steroid dienone is 1. The minimum absolute atomic E-state index is 0.151. The third kappa shape index (κ3) is 4.81. The molecule has 5 heteroatoms. The zero-order valence-electron chi connectivity index (χ0n) is 13.3. The molecule has 0 aliphatic carbocycles. The maximum absolute atomic E-state index is 5.98. The van der Waals surface area contributed by atoms with Gasteiger partial charge in [-0.05, 0) is 24.3 Å². The third-order valence-electron chi connectivity index (χ3n) is 2.94. The largest absolute Gasteiger partial charge is 0.457 e. The van der Waals surface area contributed by atoms with Gasteiger partial charge in [0.15, 0.2) is 0 Å². The van der Waals surface area contributed by atoms with Crippen molar-refractivity contribution < 1.29 is 9.47 Å². The zero-order chi connectivity index (χ0) is 16.2. The van der Waals surface area contributed by atoms with E-state index in [0.717, 1.165) is 5.76 Å². The lowest BCUT2D eigenvalue weighted by atomic mass is 9.94. The van der Waals surface area contributed by atoms with Crippen LogP contribution in [0.5, 0.6) is 5.75 Å². The molecule has 0 radical (unpaired) electrons. The Morgan fingerprint density at radius 3 is 2.50 bits per heavy atom. The molecule has 0 fully saturated rings. The molecule has 4 nitrogen and oxygen atoms in total. The van der Waals surface area contributed by atoms with Gasteiger partial charge in [0.25, 0.3) is 0 Å². The SMILES string of the molecule is CC(OC(=Cn1ccnc1)C(C)(C)C)Oc1ccc(Cl)cc1. The average Bonchev–Trinajstić information content (AvgIpc) is 2.92. The molecular formula is C17H21ClN2O2. The van der Waals surface area contributed by atoms with E-state index in [4.69, 9.17) is 21.1 Å². The number of rotatable bonds is 5. The van der Waals surface area contributed by atoms with Crippen LogP contribution in [0, 0.1) is 5.41 Å². The maximum atomic E-state index is 5.98. The second kappa shape index (κ2) is 6.88. The summed E-state index contributed by atoms with van der Waals surface area (Å²) in [5.41, 5.74) is -0.151. The van der Waals surface area contributed by atoms with Crippen LogP contribution in [0.3, 0.4) is 0 Å². The highest BCUT2D eigenvalue weighted by Gasteiger charge is 2.22. The van der Waals surface area contributed by atoms with Gasteiger partial charge in [0.2, 0.25) is 6.29 Å². The van der Waals surface area contributed by atoms with Gasteiger partial charge in [0.1, 0.15) is 11.5 Å². The fraction of sp³-hybridized carbons (Fsp3) is 0.353. The van der Waals surface area contributed by atoms with Gasteiger partial charge in [0, 0.05) is 36.0 Å². The lowest BCUT2D eigenvalue weighted by molar-refractivity contribution is -0.0456. The van der Waals surface area contributed by atoms with E-state index in [9.17, 15) is 0 Å². The standard InChI is InChI=1S/C17H21ClN2O2/c1-13(21-15-7-5-14(18)6-8-15)22-16(17(2,3)4)11-20-10-9-19-12-20/h5-13H,1-4H3. The molecule has 0 amide bonds. The minimum Gasteiger partial charge on any atom is -0.457 e. The Morgan fingerprint density at radius 2 is 1.95 bits per heavy atom. The minimum atomic E-state index is -0.421. The number of aromatic nitrogens is 2. The van der Waals surface area contributed by atoms with Crippen molar-refractivity contribution in [2.75, 3.05) is 0 Å². The van der Waals surface area contributed by atoms with Crippen molar-refractivity contribution in [3.05, 3.63) is 53.8 Å². The van der Waals surface area contributed by atoms with E-state index in [-0.39, 0.29) is 5.41 Å². The van der Waals surface area contributed by atoms with E-state index >= 15 is 0 Å². The molecule has 1 heterocycles. The van der Waals surface area contributed by atoms with Crippen molar-refractivity contribution in [3.63, 3.8) is 0 Å². The summed E-state index contributed by atoms with van der Waals surface area (Å²) in [5, 5.41) is 0.677. The molecule has 0 N–H and O–H groups in total. The molecule has 0 saturated heterocycles. The normalized spacial score (nSPS) is 13.8. The number of halogens is 1. The van der Waals surface area contributed by atoms with Crippen molar-refractivity contribution in [2.45, 2.75) is 34.0 Å². The van der Waals surface area contributed by atoms with Crippen LogP contribution in [0.25, 0.3) is 6.20 Å². The summed E-state index contributed by atoms with van der Waals surface area (Å²) in [6.07, 6.45) is 6.80. The summed E-state index contributed by atoms with van der Waals surface area (Å²) in [4.78, 5) is 4.03. The van der Waals surface area contributed by atoms with Gasteiger partial charge in [0.05, 0.1) is 6.33 Å². The van der Waals surface area contributed by atoms with E-state index < -0.39 is 6.29 Å². The summed E-state index contributed by atoms with van der Waals surface area (Å²) >= 11 is 5.87. The first-order valence-corrected chi connectivity index (χ1v) is 7.51. The number of nitrogens with zero attached hydrogens (tertiary/aromatic N) is 2. The second-order valence-corrected chi connectivity index (χ2v) is 6.45. The first-order chi connectivity index (χ1) is 10.3. The Labute approximate surface area is 136 Å². The smallest absolute Gasteiger partial charge is 0.238 e. The van der Waals surface area contributed by atoms with Gasteiger partial charge in [-0.3, -0.25) is 0 Å². The maximum Gasteiger partial charge on any atom is 0.238 e. The fourth-order valence-electron chi connectivity index (χ4n) is 1.79. The van der Waals surface area contributed by atoms with Crippen LogP contribution in [0.1, 0.15) is 27.7 Å². The Morgan fingerprint density at radius 1 is 1.27 bits per heavy atom. The van der Waals surface area contributed by atoms with Gasteiger partial charge >= 0.3 is 0 Å². The Bertz CT molecular complexity index is 613. The van der Waals surface area contributed by atoms with Crippen molar-refractivity contribution in [1.29, 1.82) is 0 Å². The van der Waals surface area contributed by atoms with E-state index in [2.05, 4.69) is 25.8 Å². The summed E-state index contributed by atoms with van der Waals surface area (Å²) < 4.78 is 13.6. The van der Waals surface area contributed by atoms with E-state index in [1.807, 2.05) is 36.0 Å². The predicted molar refractivity (Wildman–Crippen MR) is 88.6 cm³/mol. The van der Waals surface area contributed by atoms with E-state index in [1.54, 1.807) is 24.7 Å². The zero-order valence-corrected chi connectivity index (χ0v) is 14.0. The fourth-order valence-corrected chi connectivity index (χ4v) is 1.92. The molecule has 0 saturated carbocycles. The molecule has 1 aromatic heterocycles. The lowest BCUT2D eigenvalue weighted by Gasteiger charge is -2.27. The highest BCUT2D eigenvalue weighted by molar-refractivity contribution is 6.30. The van der Waals surface area contributed by atoms with E-state index in [1.165, 1.54) is 0 Å². The van der Waals surface area contributed by atoms with Gasteiger partial charge < -0.3 is 14.0 Å². The number of ether oxygens (including phenoxy) is 2. The van der Waals surface area contributed by atoms with Crippen LogP contribution in [-0.4, -0.2) is 15.8 Å². The van der Waals surface area contributed by atoms with Crippen molar-refractivity contribution >= 4 is 17.8 Å². The molecule has 2 aromatic rings. The molecule has 2 rings (SSSR count). The summed E-state index contributed by atoms with van der Waals surface area (Å²) in [7, 11) is 0. The first-order valence-electron chi connectivity index (χ1n) is 7.13. The average molecular weight is 321 g/mol. The predicted octanol–water partition coefficient (Wildman–Crippen LogP) is 4.82. The van der Waals surface area contributed by atoms with Gasteiger partial charge in [-0.2, -0.15) is 0 Å². The summed E-state index contributed by atoms with van der Waals surface area (Å²) in [6, 6.07) is 7.21. The molecule has 1 unspecified atom stereocenters. The number of imidazole rings is 1. The number of benzene rings is 1. The van der Waals surface area contributed by atoms with E-state index in [0.29, 0.717) is 10.8 Å². The van der Waals surface area contributed by atoms with Gasteiger partial charge in [-0.1, -0.05) is 32.4 Å². The van der Waals surface area contributed by atoms with Crippen molar-refractivity contribution in [1.82, 2.24) is 9.55 Å². The number of hydrogen-bond acceptors (Lipinski definition) is 3. The Hall–Kier alpha value is -1.94. The molecule has 1 atom stereocenters. The highest BCUT2D eigenvalue weighted by atomic mass is 35.5. The molecule has 22 heavy (non-hydrogen) atoms. The second-order valence-electron chi connectivity index (χ2n) is 6.01. The molecule has 1 aromatic carbocycles. The first kappa shape index (κ1) is 16.4. The third-order valence-corrected chi connectivity index (χ3v) is 3.19. The van der Waals surface area contributed by atoms with Crippen molar-refractivity contribution in [2.24, 2.45) is 5.41 Å². The van der Waals surface area contributed by atoms with Gasteiger partial charge in [-0.15, -0.1) is 0 Å².